The van der Waals surface area contributed by atoms with Crippen LogP contribution in [0.1, 0.15) is 17.5 Å². The number of rotatable bonds is 6. The number of nitrogens with zero attached hydrogens (tertiary/aromatic N) is 2. The van der Waals surface area contributed by atoms with Crippen LogP contribution in [-0.4, -0.2) is 71.7 Å². The molecule has 0 aromatic heterocycles. The molecule has 32 heavy (non-hydrogen) atoms. The molecule has 1 aliphatic carbocycles. The van der Waals surface area contributed by atoms with Crippen LogP contribution in [-0.2, 0) is 16.0 Å². The molecule has 0 saturated carbocycles. The van der Waals surface area contributed by atoms with Crippen LogP contribution < -0.4 is 0 Å². The van der Waals surface area contributed by atoms with Crippen molar-refractivity contribution >= 4 is 17.5 Å². The van der Waals surface area contributed by atoms with Crippen LogP contribution in [0, 0.1) is 0 Å². The van der Waals surface area contributed by atoms with Gasteiger partial charge in [-0.3, -0.25) is 0 Å². The average Bonchev–Trinajstić information content (AvgIpc) is 3.21. The van der Waals surface area contributed by atoms with Crippen LogP contribution in [0.25, 0.3) is 16.7 Å². The van der Waals surface area contributed by atoms with Gasteiger partial charge in [0.15, 0.2) is 0 Å². The first-order valence-corrected chi connectivity index (χ1v) is 10.9. The molecule has 0 amide bonds. The van der Waals surface area contributed by atoms with E-state index in [-0.39, 0.29) is 0 Å². The zero-order valence-corrected chi connectivity index (χ0v) is 18.4. The topological polar surface area (TPSA) is 81.1 Å². The van der Waals surface area contributed by atoms with Gasteiger partial charge in [-0.2, -0.15) is 0 Å². The maximum atomic E-state index is 9.55. The van der Waals surface area contributed by atoms with Crippen molar-refractivity contribution in [2.24, 2.45) is 0 Å². The number of carboxylic acids is 2. The summed E-state index contributed by atoms with van der Waals surface area (Å²) >= 11 is 0. The first-order chi connectivity index (χ1) is 15.4. The molecule has 0 atom stereocenters. The number of allylic oxidation sites excluding steroid dienone is 1. The molecule has 0 unspecified atom stereocenters. The van der Waals surface area contributed by atoms with Crippen molar-refractivity contribution in [3.63, 3.8) is 0 Å². The molecular weight excluding hydrogens is 404 g/mol. The number of carboxylic acid groups (broad SMARTS) is 2. The Kier molecular flexibility index (Phi) is 8.36. The zero-order chi connectivity index (χ0) is 22.9. The Labute approximate surface area is 189 Å². The first kappa shape index (κ1) is 23.4. The van der Waals surface area contributed by atoms with Gasteiger partial charge in [-0.05, 0) is 47.7 Å². The van der Waals surface area contributed by atoms with Gasteiger partial charge in [0.1, 0.15) is 0 Å². The Morgan fingerprint density at radius 1 is 0.875 bits per heavy atom. The van der Waals surface area contributed by atoms with E-state index in [0.717, 1.165) is 6.42 Å². The lowest BCUT2D eigenvalue weighted by Gasteiger charge is -2.32. The SMILES string of the molecule is CN1CCN(CCC2=CCc3c2cccc3-c2ccccc2)CC1.O=C(O)/C=C\C(=O)O. The molecule has 1 saturated heterocycles. The van der Waals surface area contributed by atoms with Crippen molar-refractivity contribution in [2.75, 3.05) is 39.8 Å². The highest BCUT2D eigenvalue weighted by atomic mass is 16.4. The number of aliphatic carboxylic acids is 2. The van der Waals surface area contributed by atoms with Crippen molar-refractivity contribution in [1.82, 2.24) is 9.80 Å². The van der Waals surface area contributed by atoms with Gasteiger partial charge in [-0.15, -0.1) is 0 Å². The largest absolute Gasteiger partial charge is 0.478 e. The molecule has 0 bridgehead atoms. The van der Waals surface area contributed by atoms with E-state index < -0.39 is 11.9 Å². The van der Waals surface area contributed by atoms with Crippen LogP contribution in [0.15, 0.2) is 66.8 Å². The zero-order valence-electron chi connectivity index (χ0n) is 18.4. The third-order valence-electron chi connectivity index (χ3n) is 5.82. The number of hydrogen-bond donors (Lipinski definition) is 2. The number of likely N-dealkylation sites (N-methyl/N-ethyl adjacent to an activating group) is 1. The fourth-order valence-corrected chi connectivity index (χ4v) is 4.06. The van der Waals surface area contributed by atoms with Crippen molar-refractivity contribution in [3.05, 3.63) is 77.9 Å². The molecule has 2 N–H and O–H groups in total. The first-order valence-electron chi connectivity index (χ1n) is 10.9. The van der Waals surface area contributed by atoms with Crippen molar-refractivity contribution in [1.29, 1.82) is 0 Å². The summed E-state index contributed by atoms with van der Waals surface area (Å²) in [5.41, 5.74) is 7.27. The number of benzene rings is 2. The summed E-state index contributed by atoms with van der Waals surface area (Å²) in [5.74, 6) is -2.51. The highest BCUT2D eigenvalue weighted by molar-refractivity contribution is 5.89. The van der Waals surface area contributed by atoms with E-state index in [0.29, 0.717) is 12.2 Å². The van der Waals surface area contributed by atoms with E-state index in [2.05, 4.69) is 71.5 Å². The molecule has 1 aliphatic heterocycles. The summed E-state index contributed by atoms with van der Waals surface area (Å²) in [6.07, 6.45) is 5.82. The van der Waals surface area contributed by atoms with Gasteiger partial charge in [-0.1, -0.05) is 54.6 Å². The fraction of sp³-hybridized carbons (Fsp3) is 0.308. The number of fused-ring (bicyclic) bond motifs is 1. The van der Waals surface area contributed by atoms with Crippen LogP contribution in [0.4, 0.5) is 0 Å². The minimum absolute atomic E-state index is 0.558. The van der Waals surface area contributed by atoms with Gasteiger partial charge in [0, 0.05) is 44.9 Å². The van der Waals surface area contributed by atoms with E-state index in [4.69, 9.17) is 10.2 Å². The molecule has 0 radical (unpaired) electrons. The maximum absolute atomic E-state index is 9.55. The fourth-order valence-electron chi connectivity index (χ4n) is 4.06. The standard InChI is InChI=1S/C22H26N2.C4H4O4/c1-23-14-16-24(17-15-23)13-12-19-10-11-22-20(8-5-9-21(19)22)18-6-3-2-4-7-18;5-3(6)1-2-4(7)8/h2-10H,11-17H2,1H3;1-2H,(H,5,6)(H,7,8)/b;2-1-. The van der Waals surface area contributed by atoms with Gasteiger partial charge < -0.3 is 20.0 Å². The van der Waals surface area contributed by atoms with Gasteiger partial charge >= 0.3 is 11.9 Å². The van der Waals surface area contributed by atoms with E-state index in [9.17, 15) is 9.59 Å². The third kappa shape index (κ3) is 6.64. The van der Waals surface area contributed by atoms with E-state index in [1.54, 1.807) is 5.57 Å². The van der Waals surface area contributed by atoms with Crippen molar-refractivity contribution in [3.8, 4) is 11.1 Å². The number of carbonyl (C=O) groups is 2. The van der Waals surface area contributed by atoms with Crippen molar-refractivity contribution in [2.45, 2.75) is 12.8 Å². The van der Waals surface area contributed by atoms with Gasteiger partial charge in [0.2, 0.25) is 0 Å². The third-order valence-corrected chi connectivity index (χ3v) is 5.82. The second kappa shape index (κ2) is 11.4. The summed E-state index contributed by atoms with van der Waals surface area (Å²) in [4.78, 5) is 24.1. The number of piperazine rings is 1. The predicted molar refractivity (Wildman–Crippen MR) is 127 cm³/mol. The van der Waals surface area contributed by atoms with Crippen LogP contribution in [0.2, 0.25) is 0 Å². The Morgan fingerprint density at radius 3 is 2.12 bits per heavy atom. The van der Waals surface area contributed by atoms with Crippen LogP contribution in [0.5, 0.6) is 0 Å². The monoisotopic (exact) mass is 434 g/mol. The predicted octanol–water partition coefficient (Wildman–Crippen LogP) is 3.64. The minimum Gasteiger partial charge on any atom is -0.478 e. The second-order valence-electron chi connectivity index (χ2n) is 8.04. The second-order valence-corrected chi connectivity index (χ2v) is 8.04. The van der Waals surface area contributed by atoms with Crippen molar-refractivity contribution < 1.29 is 19.8 Å². The molecule has 1 fully saturated rings. The molecule has 1 heterocycles. The van der Waals surface area contributed by atoms with Crippen LogP contribution >= 0.6 is 0 Å². The average molecular weight is 435 g/mol. The quantitative estimate of drug-likeness (QED) is 0.676. The lowest BCUT2D eigenvalue weighted by molar-refractivity contribution is -0.134. The molecule has 6 heteroatoms. The Hall–Kier alpha value is -3.22. The lowest BCUT2D eigenvalue weighted by atomic mass is 9.94. The molecule has 0 spiro atoms. The van der Waals surface area contributed by atoms with E-state index >= 15 is 0 Å². The summed E-state index contributed by atoms with van der Waals surface area (Å²) in [6, 6.07) is 17.6. The molecule has 168 valence electrons. The van der Waals surface area contributed by atoms with Gasteiger partial charge in [-0.25, -0.2) is 9.59 Å². The van der Waals surface area contributed by atoms with E-state index in [1.165, 1.54) is 61.4 Å². The molecule has 4 rings (SSSR count). The highest BCUT2D eigenvalue weighted by Gasteiger charge is 2.19. The van der Waals surface area contributed by atoms with E-state index in [1.807, 2.05) is 0 Å². The maximum Gasteiger partial charge on any atom is 0.328 e. The summed E-state index contributed by atoms with van der Waals surface area (Å²) in [6.45, 7) is 6.01. The Morgan fingerprint density at radius 2 is 1.50 bits per heavy atom. The molecule has 2 aliphatic rings. The minimum atomic E-state index is -1.26. The molecule has 6 nitrogen and oxygen atoms in total. The normalized spacial score (nSPS) is 16.2. The highest BCUT2D eigenvalue weighted by Crippen LogP contribution is 2.36. The number of hydrogen-bond acceptors (Lipinski definition) is 4. The summed E-state index contributed by atoms with van der Waals surface area (Å²) in [7, 11) is 2.22. The molecular formula is C26H30N2O4. The smallest absolute Gasteiger partial charge is 0.328 e. The Balaban J connectivity index is 0.000000312. The molecule has 2 aromatic carbocycles. The summed E-state index contributed by atoms with van der Waals surface area (Å²) in [5, 5.41) is 15.6. The summed E-state index contributed by atoms with van der Waals surface area (Å²) < 4.78 is 0. The van der Waals surface area contributed by atoms with Crippen LogP contribution in [0.3, 0.4) is 0 Å². The Bertz CT molecular complexity index is 974. The van der Waals surface area contributed by atoms with Gasteiger partial charge in [0.25, 0.3) is 0 Å². The van der Waals surface area contributed by atoms with Gasteiger partial charge in [0.05, 0.1) is 0 Å². The molecule has 2 aromatic rings. The lowest BCUT2D eigenvalue weighted by Crippen LogP contribution is -2.44.